The maximum atomic E-state index is 13.6. The van der Waals surface area contributed by atoms with Crippen molar-refractivity contribution in [3.8, 4) is 0 Å². The number of hydrogen-bond donors (Lipinski definition) is 2. The van der Waals surface area contributed by atoms with E-state index in [4.69, 9.17) is 0 Å². The first kappa shape index (κ1) is 19.7. The van der Waals surface area contributed by atoms with Gasteiger partial charge in [-0.25, -0.2) is 0 Å². The molecule has 2 atom stereocenters. The first-order valence-electron chi connectivity index (χ1n) is 9.25. The van der Waals surface area contributed by atoms with Gasteiger partial charge in [0.2, 0.25) is 0 Å². The van der Waals surface area contributed by atoms with E-state index < -0.39 is 18.1 Å². The Hall–Kier alpha value is -3.62. The molecule has 2 aliphatic rings. The van der Waals surface area contributed by atoms with Crippen LogP contribution in [-0.4, -0.2) is 33.1 Å². The number of nitrogens with zero attached hydrogens (tertiary/aromatic N) is 3. The van der Waals surface area contributed by atoms with E-state index in [1.165, 1.54) is 24.4 Å². The number of nitrogens with one attached hydrogen (secondary N) is 2. The molecule has 0 spiro atoms. The highest BCUT2D eigenvalue weighted by Gasteiger charge is 2.44. The molecule has 0 fully saturated rings. The molecule has 4 rings (SSSR count). The van der Waals surface area contributed by atoms with Gasteiger partial charge < -0.3 is 15.5 Å². The van der Waals surface area contributed by atoms with Crippen LogP contribution in [0.3, 0.4) is 0 Å². The Morgan fingerprint density at radius 1 is 1.20 bits per heavy atom. The fourth-order valence-electron chi connectivity index (χ4n) is 3.40. The van der Waals surface area contributed by atoms with E-state index in [2.05, 4.69) is 20.6 Å². The normalized spacial score (nSPS) is 18.8. The number of hydrogen-bond acceptors (Lipinski definition) is 5. The number of rotatable bonds is 5. The van der Waals surface area contributed by atoms with Crippen molar-refractivity contribution in [1.82, 2.24) is 25.5 Å². The summed E-state index contributed by atoms with van der Waals surface area (Å²) in [6.45, 7) is 0. The molecular formula is C21H18F3N5O. The van der Waals surface area contributed by atoms with Crippen LogP contribution in [0.25, 0.3) is 0 Å². The highest BCUT2D eigenvalue weighted by molar-refractivity contribution is 5.95. The van der Waals surface area contributed by atoms with Crippen molar-refractivity contribution in [3.63, 3.8) is 0 Å². The number of carbonyl (C=O) groups excluding carboxylic acids is 1. The third-order valence-electron chi connectivity index (χ3n) is 4.76. The van der Waals surface area contributed by atoms with Crippen molar-refractivity contribution in [2.45, 2.75) is 24.8 Å². The van der Waals surface area contributed by atoms with Crippen LogP contribution < -0.4 is 10.6 Å². The molecule has 9 heteroatoms. The third kappa shape index (κ3) is 4.05. The van der Waals surface area contributed by atoms with Gasteiger partial charge in [0, 0.05) is 31.2 Å². The molecule has 2 N–H and O–H groups in total. The van der Waals surface area contributed by atoms with E-state index >= 15 is 0 Å². The van der Waals surface area contributed by atoms with Gasteiger partial charge in [0.25, 0.3) is 5.91 Å². The molecule has 0 saturated carbocycles. The fraction of sp³-hybridized carbons (Fsp3) is 0.190. The zero-order valence-corrected chi connectivity index (χ0v) is 15.7. The van der Waals surface area contributed by atoms with E-state index in [-0.39, 0.29) is 17.6 Å². The maximum absolute atomic E-state index is 13.6. The molecule has 0 aromatic carbocycles. The molecule has 154 valence electrons. The molecule has 6 nitrogen and oxygen atoms in total. The minimum atomic E-state index is -4.69. The van der Waals surface area contributed by atoms with E-state index in [9.17, 15) is 18.0 Å². The minimum Gasteiger partial charge on any atom is -0.358 e. The predicted octanol–water partition coefficient (Wildman–Crippen LogP) is 2.97. The standard InChI is InChI=1S/C21H18F3N5O/c22-21(23,24)19(15-7-1-3-10-26-15)28-20(30)18-16-8-2-4-11-29(16)17(27-18)12-14-6-5-9-25-13-14/h1-11,13,17,19,27H,12H2,(H,28,30). The van der Waals surface area contributed by atoms with Gasteiger partial charge in [-0.3, -0.25) is 14.8 Å². The summed E-state index contributed by atoms with van der Waals surface area (Å²) in [5, 5.41) is 5.15. The molecule has 0 radical (unpaired) electrons. The van der Waals surface area contributed by atoms with Crippen LogP contribution in [-0.2, 0) is 11.2 Å². The van der Waals surface area contributed by atoms with Gasteiger partial charge in [-0.1, -0.05) is 18.2 Å². The molecule has 2 aromatic heterocycles. The highest BCUT2D eigenvalue weighted by Crippen LogP contribution is 2.33. The van der Waals surface area contributed by atoms with Crippen molar-refractivity contribution in [3.05, 3.63) is 96.0 Å². The SMILES string of the molecule is O=C(NC(c1ccccn1)C(F)(F)F)C1=C2C=CC=CN2C(Cc2cccnc2)N1. The zero-order chi connectivity index (χ0) is 21.1. The first-order valence-corrected chi connectivity index (χ1v) is 9.25. The Labute approximate surface area is 170 Å². The Morgan fingerprint density at radius 3 is 2.77 bits per heavy atom. The van der Waals surface area contributed by atoms with E-state index in [1.54, 1.807) is 42.9 Å². The summed E-state index contributed by atoms with van der Waals surface area (Å²) in [5.74, 6) is -0.850. The Morgan fingerprint density at radius 2 is 2.07 bits per heavy atom. The molecule has 30 heavy (non-hydrogen) atoms. The summed E-state index contributed by atoms with van der Waals surface area (Å²) in [7, 11) is 0. The second kappa shape index (κ2) is 8.02. The summed E-state index contributed by atoms with van der Waals surface area (Å²) in [6, 6.07) is 5.69. The molecule has 1 amide bonds. The number of alkyl halides is 3. The second-order valence-corrected chi connectivity index (χ2v) is 6.80. The predicted molar refractivity (Wildman–Crippen MR) is 103 cm³/mol. The fourth-order valence-corrected chi connectivity index (χ4v) is 3.40. The quantitative estimate of drug-likeness (QED) is 0.789. The Kier molecular flexibility index (Phi) is 5.26. The smallest absolute Gasteiger partial charge is 0.358 e. The van der Waals surface area contributed by atoms with Crippen LogP contribution in [0, 0.1) is 0 Å². The Bertz CT molecular complexity index is 1000. The van der Waals surface area contributed by atoms with Crippen molar-refractivity contribution in [2.24, 2.45) is 0 Å². The average Bonchev–Trinajstić information content (AvgIpc) is 3.11. The Balaban J connectivity index is 1.58. The summed E-state index contributed by atoms with van der Waals surface area (Å²) in [4.78, 5) is 22.5. The van der Waals surface area contributed by atoms with Gasteiger partial charge in [0.15, 0.2) is 6.04 Å². The molecule has 2 aliphatic heterocycles. The van der Waals surface area contributed by atoms with Gasteiger partial charge >= 0.3 is 6.18 Å². The van der Waals surface area contributed by atoms with Gasteiger partial charge in [0.1, 0.15) is 11.9 Å². The lowest BCUT2D eigenvalue weighted by atomic mass is 10.1. The maximum Gasteiger partial charge on any atom is 0.414 e. The topological polar surface area (TPSA) is 70.2 Å². The van der Waals surface area contributed by atoms with Gasteiger partial charge in [0.05, 0.1) is 11.4 Å². The van der Waals surface area contributed by atoms with Crippen LogP contribution >= 0.6 is 0 Å². The number of aromatic nitrogens is 2. The van der Waals surface area contributed by atoms with Crippen LogP contribution in [0.4, 0.5) is 13.2 Å². The van der Waals surface area contributed by atoms with E-state index in [0.717, 1.165) is 5.56 Å². The number of fused-ring (bicyclic) bond motifs is 1. The van der Waals surface area contributed by atoms with Gasteiger partial charge in [-0.2, -0.15) is 13.2 Å². The minimum absolute atomic E-state index is 0.0784. The van der Waals surface area contributed by atoms with Crippen LogP contribution in [0.15, 0.2) is 84.7 Å². The van der Waals surface area contributed by atoms with E-state index in [1.807, 2.05) is 11.0 Å². The van der Waals surface area contributed by atoms with Crippen LogP contribution in [0.2, 0.25) is 0 Å². The monoisotopic (exact) mass is 413 g/mol. The summed E-state index contributed by atoms with van der Waals surface area (Å²) in [6.07, 6.45) is 7.12. The highest BCUT2D eigenvalue weighted by atomic mass is 19.4. The largest absolute Gasteiger partial charge is 0.414 e. The zero-order valence-electron chi connectivity index (χ0n) is 15.7. The second-order valence-electron chi connectivity index (χ2n) is 6.80. The number of halogens is 3. The van der Waals surface area contributed by atoms with Crippen molar-refractivity contribution >= 4 is 5.91 Å². The third-order valence-corrected chi connectivity index (χ3v) is 4.76. The van der Waals surface area contributed by atoms with Gasteiger partial charge in [-0.05, 0) is 35.9 Å². The van der Waals surface area contributed by atoms with Crippen molar-refractivity contribution < 1.29 is 18.0 Å². The molecular weight excluding hydrogens is 395 g/mol. The van der Waals surface area contributed by atoms with Crippen molar-refractivity contribution in [1.29, 1.82) is 0 Å². The molecule has 0 aliphatic carbocycles. The molecule has 0 saturated heterocycles. The molecule has 2 unspecified atom stereocenters. The number of pyridine rings is 2. The van der Waals surface area contributed by atoms with Crippen molar-refractivity contribution in [2.75, 3.05) is 0 Å². The molecule has 2 aromatic rings. The molecule has 0 bridgehead atoms. The number of amides is 1. The molecule has 4 heterocycles. The lowest BCUT2D eigenvalue weighted by Crippen LogP contribution is -2.42. The first-order chi connectivity index (χ1) is 14.4. The van der Waals surface area contributed by atoms with E-state index in [0.29, 0.717) is 12.1 Å². The van der Waals surface area contributed by atoms with Crippen LogP contribution in [0.5, 0.6) is 0 Å². The van der Waals surface area contributed by atoms with Gasteiger partial charge in [-0.15, -0.1) is 0 Å². The number of allylic oxidation sites excluding steroid dienone is 3. The lowest BCUT2D eigenvalue weighted by Gasteiger charge is -2.25. The summed E-state index contributed by atoms with van der Waals surface area (Å²) >= 11 is 0. The van der Waals surface area contributed by atoms with Crippen LogP contribution in [0.1, 0.15) is 17.3 Å². The summed E-state index contributed by atoms with van der Waals surface area (Å²) in [5.41, 5.74) is 1.24. The summed E-state index contributed by atoms with van der Waals surface area (Å²) < 4.78 is 40.8. The lowest BCUT2D eigenvalue weighted by molar-refractivity contribution is -0.163. The average molecular weight is 413 g/mol. The number of carbonyl (C=O) groups is 1.